The van der Waals surface area contributed by atoms with Crippen molar-refractivity contribution in [2.75, 3.05) is 13.2 Å². The minimum absolute atomic E-state index is 0.244. The Morgan fingerprint density at radius 1 is 1.40 bits per heavy atom. The third kappa shape index (κ3) is 4.89. The molecule has 6 nitrogen and oxygen atoms in total. The Balaban J connectivity index is 2.64. The van der Waals surface area contributed by atoms with Gasteiger partial charge in [0.25, 0.3) is 5.91 Å². The number of primary amides is 1. The Morgan fingerprint density at radius 2 is 2.10 bits per heavy atom. The van der Waals surface area contributed by atoms with Crippen LogP contribution in [-0.2, 0) is 4.79 Å². The fourth-order valence-electron chi connectivity index (χ4n) is 1.84. The number of rotatable bonds is 6. The average Bonchev–Trinajstić information content (AvgIpc) is 2.36. The number of urea groups is 1. The van der Waals surface area contributed by atoms with Crippen molar-refractivity contribution in [2.24, 2.45) is 5.73 Å². The van der Waals surface area contributed by atoms with Gasteiger partial charge >= 0.3 is 6.03 Å². The van der Waals surface area contributed by atoms with Gasteiger partial charge in [0.2, 0.25) is 0 Å². The lowest BCUT2D eigenvalue weighted by atomic mass is 10.1. The second-order valence-electron chi connectivity index (χ2n) is 4.51. The molecule has 0 saturated carbocycles. The summed E-state index contributed by atoms with van der Waals surface area (Å²) in [7, 11) is 0. The molecular formula is C14H21N3O3. The molecule has 0 heterocycles. The van der Waals surface area contributed by atoms with Gasteiger partial charge in [-0.15, -0.1) is 0 Å². The van der Waals surface area contributed by atoms with Gasteiger partial charge in [-0.3, -0.25) is 10.1 Å². The first-order chi connectivity index (χ1) is 9.43. The maximum Gasteiger partial charge on any atom is 0.318 e. The summed E-state index contributed by atoms with van der Waals surface area (Å²) in [5.41, 5.74) is 6.92. The normalized spacial score (nSPS) is 11.8. The molecule has 0 bridgehead atoms. The van der Waals surface area contributed by atoms with Crippen molar-refractivity contribution in [3.8, 4) is 5.75 Å². The molecule has 0 aliphatic rings. The number of amides is 3. The number of carbonyl (C=O) groups excluding carboxylic acids is 2. The van der Waals surface area contributed by atoms with Crippen LogP contribution in [0.25, 0.3) is 0 Å². The average molecular weight is 279 g/mol. The number of benzene rings is 1. The number of aryl methyl sites for hydroxylation is 1. The predicted octanol–water partition coefficient (Wildman–Crippen LogP) is 1.24. The van der Waals surface area contributed by atoms with E-state index in [9.17, 15) is 9.59 Å². The van der Waals surface area contributed by atoms with Crippen LogP contribution in [0.15, 0.2) is 18.2 Å². The number of hydrogen-bond donors (Lipinski definition) is 3. The van der Waals surface area contributed by atoms with Gasteiger partial charge < -0.3 is 15.8 Å². The van der Waals surface area contributed by atoms with Crippen molar-refractivity contribution in [3.63, 3.8) is 0 Å². The van der Waals surface area contributed by atoms with Gasteiger partial charge in [0.15, 0.2) is 6.61 Å². The van der Waals surface area contributed by atoms with E-state index in [1.165, 1.54) is 0 Å². The smallest absolute Gasteiger partial charge is 0.318 e. The monoisotopic (exact) mass is 279 g/mol. The highest BCUT2D eigenvalue weighted by molar-refractivity contribution is 5.94. The first-order valence-electron chi connectivity index (χ1n) is 6.50. The van der Waals surface area contributed by atoms with Crippen LogP contribution in [-0.4, -0.2) is 25.1 Å². The third-order valence-electron chi connectivity index (χ3n) is 2.83. The molecule has 1 atom stereocenters. The summed E-state index contributed by atoms with van der Waals surface area (Å²) < 4.78 is 5.35. The summed E-state index contributed by atoms with van der Waals surface area (Å²) in [5, 5.41) is 5.27. The van der Waals surface area contributed by atoms with Crippen LogP contribution < -0.4 is 21.1 Å². The molecule has 0 radical (unpaired) electrons. The molecule has 1 unspecified atom stereocenters. The number of nitrogens with one attached hydrogen (secondary N) is 2. The number of hydrogen-bond acceptors (Lipinski definition) is 4. The van der Waals surface area contributed by atoms with E-state index >= 15 is 0 Å². The van der Waals surface area contributed by atoms with E-state index < -0.39 is 11.9 Å². The first kappa shape index (κ1) is 16.0. The van der Waals surface area contributed by atoms with Crippen molar-refractivity contribution < 1.29 is 14.3 Å². The molecule has 6 heteroatoms. The third-order valence-corrected chi connectivity index (χ3v) is 2.83. The maximum atomic E-state index is 11.3. The van der Waals surface area contributed by atoms with Crippen molar-refractivity contribution in [2.45, 2.75) is 26.8 Å². The first-order valence-corrected chi connectivity index (χ1v) is 6.50. The molecule has 0 saturated heterocycles. The van der Waals surface area contributed by atoms with Gasteiger partial charge in [0, 0.05) is 6.04 Å². The fourth-order valence-corrected chi connectivity index (χ4v) is 1.84. The number of carbonyl (C=O) groups is 2. The minimum atomic E-state index is -0.884. The zero-order chi connectivity index (χ0) is 15.1. The van der Waals surface area contributed by atoms with Gasteiger partial charge in [-0.1, -0.05) is 19.1 Å². The van der Waals surface area contributed by atoms with Crippen LogP contribution in [0.5, 0.6) is 5.75 Å². The lowest BCUT2D eigenvalue weighted by Crippen LogP contribution is -2.38. The highest BCUT2D eigenvalue weighted by Crippen LogP contribution is 2.22. The van der Waals surface area contributed by atoms with Crippen molar-refractivity contribution in [3.05, 3.63) is 29.3 Å². The molecule has 1 rings (SSSR count). The summed E-state index contributed by atoms with van der Waals surface area (Å²) in [5.74, 6) is 0.0408. The zero-order valence-electron chi connectivity index (χ0n) is 12.0. The van der Waals surface area contributed by atoms with Crippen LogP contribution in [0, 0.1) is 6.92 Å². The lowest BCUT2D eigenvalue weighted by Gasteiger charge is -2.15. The van der Waals surface area contributed by atoms with Crippen molar-refractivity contribution in [1.82, 2.24) is 10.6 Å². The van der Waals surface area contributed by atoms with E-state index in [1.54, 1.807) is 0 Å². The van der Waals surface area contributed by atoms with Crippen LogP contribution >= 0.6 is 0 Å². The summed E-state index contributed by atoms with van der Waals surface area (Å²) in [6.07, 6.45) is 0. The van der Waals surface area contributed by atoms with E-state index in [2.05, 4.69) is 19.2 Å². The van der Waals surface area contributed by atoms with Gasteiger partial charge in [0.05, 0.1) is 0 Å². The van der Waals surface area contributed by atoms with Gasteiger partial charge in [-0.05, 0) is 37.6 Å². The Morgan fingerprint density at radius 3 is 2.65 bits per heavy atom. The number of ether oxygens (including phenoxy) is 1. The highest BCUT2D eigenvalue weighted by atomic mass is 16.5. The molecule has 0 spiro atoms. The van der Waals surface area contributed by atoms with Crippen LogP contribution in [0.1, 0.15) is 31.0 Å². The van der Waals surface area contributed by atoms with Gasteiger partial charge in [-0.25, -0.2) is 4.79 Å². The molecule has 3 amide bonds. The molecule has 0 aliphatic heterocycles. The molecule has 4 N–H and O–H groups in total. The van der Waals surface area contributed by atoms with E-state index in [-0.39, 0.29) is 12.6 Å². The SMILES string of the molecule is CCNC(C)c1ccc(OCC(=O)NC(N)=O)c(C)c1. The van der Waals surface area contributed by atoms with E-state index in [1.807, 2.05) is 30.4 Å². The molecule has 0 aromatic heterocycles. The number of nitrogens with two attached hydrogens (primary N) is 1. The Kier molecular flexibility index (Phi) is 5.99. The molecule has 0 aliphatic carbocycles. The Hall–Kier alpha value is -2.08. The lowest BCUT2D eigenvalue weighted by molar-refractivity contribution is -0.121. The summed E-state index contributed by atoms with van der Waals surface area (Å²) in [4.78, 5) is 21.7. The van der Waals surface area contributed by atoms with E-state index in [4.69, 9.17) is 10.5 Å². The van der Waals surface area contributed by atoms with Gasteiger partial charge in [-0.2, -0.15) is 0 Å². The fraction of sp³-hybridized carbons (Fsp3) is 0.429. The summed E-state index contributed by atoms with van der Waals surface area (Å²) in [6.45, 7) is 6.69. The second kappa shape index (κ2) is 7.49. The van der Waals surface area contributed by atoms with Crippen LogP contribution in [0.3, 0.4) is 0 Å². The molecule has 110 valence electrons. The zero-order valence-corrected chi connectivity index (χ0v) is 12.0. The second-order valence-corrected chi connectivity index (χ2v) is 4.51. The Labute approximate surface area is 118 Å². The molecule has 1 aromatic rings. The molecule has 1 aromatic carbocycles. The van der Waals surface area contributed by atoms with Crippen LogP contribution in [0.2, 0.25) is 0 Å². The largest absolute Gasteiger partial charge is 0.483 e. The van der Waals surface area contributed by atoms with E-state index in [0.29, 0.717) is 5.75 Å². The molecule has 0 fully saturated rings. The quantitative estimate of drug-likeness (QED) is 0.730. The highest BCUT2D eigenvalue weighted by Gasteiger charge is 2.09. The Bertz CT molecular complexity index is 489. The van der Waals surface area contributed by atoms with E-state index in [0.717, 1.165) is 17.7 Å². The van der Waals surface area contributed by atoms with Crippen molar-refractivity contribution >= 4 is 11.9 Å². The predicted molar refractivity (Wildman–Crippen MR) is 76.5 cm³/mol. The minimum Gasteiger partial charge on any atom is -0.483 e. The molecule has 20 heavy (non-hydrogen) atoms. The summed E-state index contributed by atoms with van der Waals surface area (Å²) >= 11 is 0. The maximum absolute atomic E-state index is 11.3. The van der Waals surface area contributed by atoms with Gasteiger partial charge in [0.1, 0.15) is 5.75 Å². The topological polar surface area (TPSA) is 93.4 Å². The van der Waals surface area contributed by atoms with Crippen molar-refractivity contribution in [1.29, 1.82) is 0 Å². The number of imide groups is 1. The molecular weight excluding hydrogens is 258 g/mol. The van der Waals surface area contributed by atoms with Crippen LogP contribution in [0.4, 0.5) is 4.79 Å². The standard InChI is InChI=1S/C14H21N3O3/c1-4-16-10(3)11-5-6-12(9(2)7-11)20-8-13(18)17-14(15)19/h5-7,10,16H,4,8H2,1-3H3,(H3,15,17,18,19). The summed E-state index contributed by atoms with van der Waals surface area (Å²) in [6, 6.07) is 5.14.